The van der Waals surface area contributed by atoms with Crippen LogP contribution in [0.25, 0.3) is 0 Å². The van der Waals surface area contributed by atoms with Crippen LogP contribution in [0, 0.1) is 6.92 Å². The Morgan fingerprint density at radius 3 is 2.30 bits per heavy atom. The van der Waals surface area contributed by atoms with Crippen LogP contribution in [-0.2, 0) is 17.9 Å². The Bertz CT molecular complexity index is 1260. The molecule has 3 heterocycles. The Morgan fingerprint density at radius 2 is 1.68 bits per heavy atom. The predicted octanol–water partition coefficient (Wildman–Crippen LogP) is 4.52. The maximum Gasteiger partial charge on any atom is 0.490 e. The minimum absolute atomic E-state index is 0.120. The number of methoxy groups -OCH3 is 1. The first-order valence-electron chi connectivity index (χ1n) is 11.8. The second-order valence-corrected chi connectivity index (χ2v) is 9.20. The molecule has 10 heteroatoms. The molecule has 2 aromatic carbocycles. The molecule has 1 N–H and O–H groups in total. The van der Waals surface area contributed by atoms with E-state index in [1.54, 1.807) is 7.11 Å². The Labute approximate surface area is 212 Å². The normalized spacial score (nSPS) is 19.1. The fourth-order valence-electron chi connectivity index (χ4n) is 4.90. The summed E-state index contributed by atoms with van der Waals surface area (Å²) >= 11 is 0. The quantitative estimate of drug-likeness (QED) is 0.541. The molecule has 37 heavy (non-hydrogen) atoms. The molecule has 0 saturated carbocycles. The van der Waals surface area contributed by atoms with E-state index in [9.17, 15) is 18.0 Å². The lowest BCUT2D eigenvalue weighted by Crippen LogP contribution is -2.49. The van der Waals surface area contributed by atoms with Gasteiger partial charge in [-0.25, -0.2) is 4.79 Å². The lowest BCUT2D eigenvalue weighted by Gasteiger charge is -2.38. The summed E-state index contributed by atoms with van der Waals surface area (Å²) in [7, 11) is 1.67. The van der Waals surface area contributed by atoms with E-state index in [4.69, 9.17) is 14.6 Å². The smallest absolute Gasteiger partial charge is 0.490 e. The number of carbonyl (C=O) groups is 2. The zero-order chi connectivity index (χ0) is 26.7. The average Bonchev–Trinajstić information content (AvgIpc) is 3.49. The topological polar surface area (TPSA) is 75.0 Å². The zero-order valence-corrected chi connectivity index (χ0v) is 20.5. The van der Waals surface area contributed by atoms with Gasteiger partial charge < -0.3 is 19.3 Å². The first-order valence-corrected chi connectivity index (χ1v) is 11.8. The number of likely N-dealkylation sites (tertiary alicyclic amines) is 1. The summed E-state index contributed by atoms with van der Waals surface area (Å²) in [6.45, 7) is 5.50. The van der Waals surface area contributed by atoms with Gasteiger partial charge in [-0.15, -0.1) is 0 Å². The monoisotopic (exact) mass is 515 g/mol. The molecule has 196 valence electrons. The van der Waals surface area contributed by atoms with Crippen LogP contribution in [0.2, 0.25) is 0 Å². The van der Waals surface area contributed by atoms with Crippen molar-refractivity contribution in [2.24, 2.45) is 0 Å². The van der Waals surface area contributed by atoms with Crippen LogP contribution in [0.4, 0.5) is 13.2 Å². The van der Waals surface area contributed by atoms with Gasteiger partial charge in [0, 0.05) is 32.4 Å². The van der Waals surface area contributed by atoms with Gasteiger partial charge in [0.1, 0.15) is 11.4 Å². The third-order valence-electron chi connectivity index (χ3n) is 6.59. The Hall–Kier alpha value is -3.79. The maximum atomic E-state index is 13.3. The van der Waals surface area contributed by atoms with Gasteiger partial charge in [0.05, 0.1) is 19.2 Å². The van der Waals surface area contributed by atoms with Crippen molar-refractivity contribution in [3.63, 3.8) is 0 Å². The highest BCUT2D eigenvalue weighted by atomic mass is 19.4. The molecule has 3 aromatic rings. The van der Waals surface area contributed by atoms with Crippen LogP contribution in [-0.4, -0.2) is 63.8 Å². The number of amides is 1. The number of aryl methyl sites for hydroxylation is 1. The molecule has 5 rings (SSSR count). The lowest BCUT2D eigenvalue weighted by molar-refractivity contribution is -0.192. The second-order valence-electron chi connectivity index (χ2n) is 9.20. The van der Waals surface area contributed by atoms with Crippen molar-refractivity contribution in [2.45, 2.75) is 38.3 Å². The summed E-state index contributed by atoms with van der Waals surface area (Å²) in [5.74, 6) is -1.80. The first-order chi connectivity index (χ1) is 17.6. The highest BCUT2D eigenvalue weighted by Crippen LogP contribution is 2.35. The molecule has 1 saturated heterocycles. The molecule has 2 unspecified atom stereocenters. The lowest BCUT2D eigenvalue weighted by atomic mass is 10.0. The highest BCUT2D eigenvalue weighted by Gasteiger charge is 2.44. The molecule has 0 bridgehead atoms. The summed E-state index contributed by atoms with van der Waals surface area (Å²) in [5, 5.41) is 7.12. The SMILES string of the molecule is COc1ccc(CN2C(=O)c3cccn3C3CN(Cc4cccc(C)c4)CC32)cc1.O=C(O)C(F)(F)F. The molecule has 0 spiro atoms. The Balaban J connectivity index is 0.000000405. The van der Waals surface area contributed by atoms with E-state index in [-0.39, 0.29) is 18.0 Å². The average molecular weight is 516 g/mol. The van der Waals surface area contributed by atoms with Gasteiger partial charge in [-0.3, -0.25) is 9.69 Å². The first kappa shape index (κ1) is 26.3. The number of nitrogens with zero attached hydrogens (tertiary/aromatic N) is 3. The van der Waals surface area contributed by atoms with Crippen LogP contribution in [0.1, 0.15) is 33.2 Å². The van der Waals surface area contributed by atoms with E-state index in [0.717, 1.165) is 36.6 Å². The standard InChI is InChI=1S/C25H27N3O2.C2HF3O2/c1-18-5-3-6-20(13-18)14-26-16-23-24(17-26)28(25(29)22-7-4-12-27(22)23)15-19-8-10-21(30-2)11-9-19;3-2(4,5)1(6)7/h3-13,23-24H,14-17H2,1-2H3;(H,6,7). The summed E-state index contributed by atoms with van der Waals surface area (Å²) < 4.78 is 39.2. The van der Waals surface area contributed by atoms with Crippen LogP contribution in [0.15, 0.2) is 66.9 Å². The molecular formula is C27H28F3N3O4. The highest BCUT2D eigenvalue weighted by molar-refractivity contribution is 5.94. The molecule has 2 aliphatic rings. The van der Waals surface area contributed by atoms with Crippen molar-refractivity contribution < 1.29 is 32.6 Å². The number of ether oxygens (including phenoxy) is 1. The Kier molecular flexibility index (Phi) is 7.58. The van der Waals surface area contributed by atoms with E-state index in [0.29, 0.717) is 6.54 Å². The van der Waals surface area contributed by atoms with Crippen LogP contribution in [0.3, 0.4) is 0 Å². The third kappa shape index (κ3) is 5.96. The summed E-state index contributed by atoms with van der Waals surface area (Å²) in [6, 6.07) is 21.1. The van der Waals surface area contributed by atoms with E-state index < -0.39 is 12.1 Å². The van der Waals surface area contributed by atoms with Crippen molar-refractivity contribution in [1.82, 2.24) is 14.4 Å². The zero-order valence-electron chi connectivity index (χ0n) is 20.5. The number of carboxylic acids is 1. The number of carboxylic acid groups (broad SMARTS) is 1. The van der Waals surface area contributed by atoms with Gasteiger partial charge >= 0.3 is 12.1 Å². The number of carbonyl (C=O) groups excluding carboxylic acids is 1. The minimum Gasteiger partial charge on any atom is -0.497 e. The molecule has 7 nitrogen and oxygen atoms in total. The number of aliphatic carboxylic acids is 1. The number of rotatable bonds is 5. The minimum atomic E-state index is -5.08. The van der Waals surface area contributed by atoms with Crippen molar-refractivity contribution in [3.05, 3.63) is 89.2 Å². The molecule has 2 aliphatic heterocycles. The molecule has 1 fully saturated rings. The van der Waals surface area contributed by atoms with Crippen LogP contribution >= 0.6 is 0 Å². The predicted molar refractivity (Wildman–Crippen MR) is 130 cm³/mol. The van der Waals surface area contributed by atoms with Gasteiger partial charge in [0.25, 0.3) is 5.91 Å². The molecule has 0 radical (unpaired) electrons. The number of hydrogen-bond donors (Lipinski definition) is 1. The van der Waals surface area contributed by atoms with E-state index in [1.165, 1.54) is 11.1 Å². The number of aromatic nitrogens is 1. The fraction of sp³-hybridized carbons (Fsp3) is 0.333. The number of fused-ring (bicyclic) bond motifs is 3. The molecule has 1 amide bonds. The van der Waals surface area contributed by atoms with Crippen LogP contribution in [0.5, 0.6) is 5.75 Å². The van der Waals surface area contributed by atoms with E-state index in [1.807, 2.05) is 36.4 Å². The van der Waals surface area contributed by atoms with Crippen molar-refractivity contribution >= 4 is 11.9 Å². The van der Waals surface area contributed by atoms with E-state index in [2.05, 4.69) is 51.8 Å². The summed E-state index contributed by atoms with van der Waals surface area (Å²) in [6.07, 6.45) is -3.02. The molecule has 2 atom stereocenters. The van der Waals surface area contributed by atoms with Crippen molar-refractivity contribution in [3.8, 4) is 5.75 Å². The number of alkyl halides is 3. The number of benzene rings is 2. The van der Waals surface area contributed by atoms with Crippen molar-refractivity contribution in [1.29, 1.82) is 0 Å². The van der Waals surface area contributed by atoms with E-state index >= 15 is 0 Å². The third-order valence-corrected chi connectivity index (χ3v) is 6.59. The van der Waals surface area contributed by atoms with Gasteiger partial charge in [0.2, 0.25) is 0 Å². The van der Waals surface area contributed by atoms with Crippen molar-refractivity contribution in [2.75, 3.05) is 20.2 Å². The summed E-state index contributed by atoms with van der Waals surface area (Å²) in [4.78, 5) is 26.8. The number of halogens is 3. The molecular weight excluding hydrogens is 487 g/mol. The molecule has 1 aromatic heterocycles. The Morgan fingerprint density at radius 1 is 1.00 bits per heavy atom. The fourth-order valence-corrected chi connectivity index (χ4v) is 4.90. The van der Waals surface area contributed by atoms with Crippen LogP contribution < -0.4 is 4.74 Å². The second kappa shape index (κ2) is 10.7. The largest absolute Gasteiger partial charge is 0.497 e. The van der Waals surface area contributed by atoms with Gasteiger partial charge in [-0.2, -0.15) is 13.2 Å². The van der Waals surface area contributed by atoms with Gasteiger partial charge in [-0.05, 0) is 42.3 Å². The molecule has 0 aliphatic carbocycles. The van der Waals surface area contributed by atoms with Gasteiger partial charge in [-0.1, -0.05) is 42.0 Å². The van der Waals surface area contributed by atoms with Gasteiger partial charge in [0.15, 0.2) is 0 Å². The number of hydrogen-bond acceptors (Lipinski definition) is 4. The maximum absolute atomic E-state index is 13.3. The summed E-state index contributed by atoms with van der Waals surface area (Å²) in [5.41, 5.74) is 4.53.